The number of H-pyrrole nitrogens is 1. The van der Waals surface area contributed by atoms with Crippen LogP contribution >= 0.6 is 15.9 Å². The number of rotatable bonds is 0. The topological polar surface area (TPSA) is 28.7 Å². The van der Waals surface area contributed by atoms with Gasteiger partial charge in [0.05, 0.1) is 5.69 Å². The number of aryl methyl sites for hydroxylation is 1. The average molecular weight is 229 g/mol. The Morgan fingerprint density at radius 1 is 1.50 bits per heavy atom. The number of aromatic nitrogens is 2. The third-order valence-electron chi connectivity index (χ3n) is 1.78. The highest BCUT2D eigenvalue weighted by molar-refractivity contribution is 9.10. The highest BCUT2D eigenvalue weighted by Gasteiger charge is 2.06. The van der Waals surface area contributed by atoms with Crippen molar-refractivity contribution >= 4 is 26.8 Å². The molecule has 4 heteroatoms. The molecule has 0 bridgehead atoms. The summed E-state index contributed by atoms with van der Waals surface area (Å²) in [5.74, 6) is -0.278. The summed E-state index contributed by atoms with van der Waals surface area (Å²) in [6.45, 7) is 1.84. The van der Waals surface area contributed by atoms with Crippen molar-refractivity contribution in [3.63, 3.8) is 0 Å². The first kappa shape index (κ1) is 7.73. The minimum Gasteiger partial charge on any atom is -0.275 e. The zero-order valence-corrected chi connectivity index (χ0v) is 7.94. The summed E-state index contributed by atoms with van der Waals surface area (Å²) in [7, 11) is 0. The number of fused-ring (bicyclic) bond motifs is 1. The van der Waals surface area contributed by atoms with E-state index in [0.717, 1.165) is 15.6 Å². The molecule has 0 aliphatic carbocycles. The molecule has 0 radical (unpaired) electrons. The first-order valence-corrected chi connectivity index (χ1v) is 4.27. The Hall–Kier alpha value is -0.900. The van der Waals surface area contributed by atoms with Crippen molar-refractivity contribution in [1.82, 2.24) is 10.2 Å². The molecule has 1 heterocycles. The van der Waals surface area contributed by atoms with Gasteiger partial charge in [0.1, 0.15) is 11.3 Å². The van der Waals surface area contributed by atoms with Crippen molar-refractivity contribution in [2.75, 3.05) is 0 Å². The van der Waals surface area contributed by atoms with E-state index in [4.69, 9.17) is 0 Å². The molecule has 0 fully saturated rings. The van der Waals surface area contributed by atoms with Crippen LogP contribution in [-0.2, 0) is 0 Å². The van der Waals surface area contributed by atoms with Crippen molar-refractivity contribution in [3.8, 4) is 0 Å². The Bertz CT molecular complexity index is 436. The van der Waals surface area contributed by atoms with E-state index in [9.17, 15) is 4.39 Å². The van der Waals surface area contributed by atoms with Crippen molar-refractivity contribution < 1.29 is 4.39 Å². The van der Waals surface area contributed by atoms with Gasteiger partial charge in [0.15, 0.2) is 0 Å². The summed E-state index contributed by atoms with van der Waals surface area (Å²) >= 11 is 3.22. The molecule has 1 N–H and O–H groups in total. The summed E-state index contributed by atoms with van der Waals surface area (Å²) in [5, 5.41) is 7.37. The molecule has 0 aliphatic heterocycles. The molecule has 12 heavy (non-hydrogen) atoms. The summed E-state index contributed by atoms with van der Waals surface area (Å²) in [6, 6.07) is 3.26. The van der Waals surface area contributed by atoms with Crippen LogP contribution in [0.1, 0.15) is 5.69 Å². The van der Waals surface area contributed by atoms with Gasteiger partial charge in [-0.1, -0.05) is 15.9 Å². The molecule has 0 saturated heterocycles. The van der Waals surface area contributed by atoms with E-state index < -0.39 is 0 Å². The van der Waals surface area contributed by atoms with Gasteiger partial charge in [-0.2, -0.15) is 5.10 Å². The lowest BCUT2D eigenvalue weighted by Gasteiger charge is -1.93. The maximum atomic E-state index is 13.2. The molecular weight excluding hydrogens is 223 g/mol. The molecule has 1 aromatic carbocycles. The maximum Gasteiger partial charge on any atom is 0.149 e. The smallest absolute Gasteiger partial charge is 0.149 e. The molecule has 2 aromatic rings. The number of hydrogen-bond acceptors (Lipinski definition) is 1. The molecule has 2 nitrogen and oxygen atoms in total. The second-order valence-corrected chi connectivity index (χ2v) is 3.53. The summed E-state index contributed by atoms with van der Waals surface area (Å²) in [6.07, 6.45) is 0. The minimum absolute atomic E-state index is 0.278. The third-order valence-corrected chi connectivity index (χ3v) is 2.24. The van der Waals surface area contributed by atoms with Gasteiger partial charge in [0.2, 0.25) is 0 Å². The fourth-order valence-electron chi connectivity index (χ4n) is 1.17. The van der Waals surface area contributed by atoms with Crippen LogP contribution in [0.15, 0.2) is 16.6 Å². The van der Waals surface area contributed by atoms with Gasteiger partial charge in [0.25, 0.3) is 0 Å². The van der Waals surface area contributed by atoms with Gasteiger partial charge in [-0.3, -0.25) is 5.10 Å². The zero-order chi connectivity index (χ0) is 8.72. The summed E-state index contributed by atoms with van der Waals surface area (Å²) < 4.78 is 13.9. The fraction of sp³-hybridized carbons (Fsp3) is 0.125. The Morgan fingerprint density at radius 2 is 2.25 bits per heavy atom. The number of nitrogens with one attached hydrogen (secondary N) is 1. The lowest BCUT2D eigenvalue weighted by molar-refractivity contribution is 0.635. The van der Waals surface area contributed by atoms with E-state index in [1.165, 1.54) is 6.07 Å². The van der Waals surface area contributed by atoms with Gasteiger partial charge >= 0.3 is 0 Å². The van der Waals surface area contributed by atoms with Gasteiger partial charge < -0.3 is 0 Å². The monoisotopic (exact) mass is 228 g/mol. The Labute approximate surface area is 76.9 Å². The van der Waals surface area contributed by atoms with Crippen LogP contribution in [-0.4, -0.2) is 10.2 Å². The molecule has 62 valence electrons. The van der Waals surface area contributed by atoms with Crippen molar-refractivity contribution in [2.24, 2.45) is 0 Å². The van der Waals surface area contributed by atoms with E-state index in [2.05, 4.69) is 26.1 Å². The van der Waals surface area contributed by atoms with Crippen LogP contribution in [0.3, 0.4) is 0 Å². The number of aromatic amines is 1. The first-order chi connectivity index (χ1) is 5.68. The van der Waals surface area contributed by atoms with Gasteiger partial charge in [0, 0.05) is 9.86 Å². The van der Waals surface area contributed by atoms with Crippen molar-refractivity contribution in [3.05, 3.63) is 28.1 Å². The van der Waals surface area contributed by atoms with Crippen molar-refractivity contribution in [1.29, 1.82) is 0 Å². The van der Waals surface area contributed by atoms with Crippen molar-refractivity contribution in [2.45, 2.75) is 6.92 Å². The van der Waals surface area contributed by atoms with E-state index in [0.29, 0.717) is 5.52 Å². The predicted molar refractivity (Wildman–Crippen MR) is 48.5 cm³/mol. The molecular formula is C8H6BrFN2. The highest BCUT2D eigenvalue weighted by atomic mass is 79.9. The zero-order valence-electron chi connectivity index (χ0n) is 6.36. The van der Waals surface area contributed by atoms with E-state index in [1.54, 1.807) is 0 Å². The second kappa shape index (κ2) is 2.55. The van der Waals surface area contributed by atoms with Crippen LogP contribution in [0.2, 0.25) is 0 Å². The molecule has 0 spiro atoms. The quantitative estimate of drug-likeness (QED) is 0.739. The van der Waals surface area contributed by atoms with Crippen LogP contribution < -0.4 is 0 Å². The molecule has 0 saturated carbocycles. The lowest BCUT2D eigenvalue weighted by Crippen LogP contribution is -1.77. The molecule has 0 unspecified atom stereocenters. The molecule has 2 rings (SSSR count). The molecule has 0 aliphatic rings. The summed E-state index contributed by atoms with van der Waals surface area (Å²) in [5.41, 5.74) is 1.28. The number of halogens is 2. The number of benzene rings is 1. The lowest BCUT2D eigenvalue weighted by atomic mass is 10.2. The van der Waals surface area contributed by atoms with E-state index in [-0.39, 0.29) is 5.82 Å². The minimum atomic E-state index is -0.278. The van der Waals surface area contributed by atoms with Gasteiger partial charge in [-0.25, -0.2) is 4.39 Å². The fourth-order valence-corrected chi connectivity index (χ4v) is 1.60. The highest BCUT2D eigenvalue weighted by Crippen LogP contribution is 2.23. The van der Waals surface area contributed by atoms with E-state index >= 15 is 0 Å². The van der Waals surface area contributed by atoms with Crippen LogP contribution in [0.5, 0.6) is 0 Å². The molecule has 0 amide bonds. The van der Waals surface area contributed by atoms with Crippen LogP contribution in [0, 0.1) is 12.7 Å². The molecule has 1 aromatic heterocycles. The number of nitrogens with zero attached hydrogens (tertiary/aromatic N) is 1. The second-order valence-electron chi connectivity index (χ2n) is 2.62. The van der Waals surface area contributed by atoms with E-state index in [1.807, 2.05) is 13.0 Å². The third kappa shape index (κ3) is 1.03. The Morgan fingerprint density at radius 3 is 3.00 bits per heavy atom. The maximum absolute atomic E-state index is 13.2. The van der Waals surface area contributed by atoms with Crippen LogP contribution in [0.4, 0.5) is 4.39 Å². The SMILES string of the molecule is Cc1n[nH]c2c(F)cc(Br)cc12. The first-order valence-electron chi connectivity index (χ1n) is 3.48. The summed E-state index contributed by atoms with van der Waals surface area (Å²) in [4.78, 5) is 0. The predicted octanol–water partition coefficient (Wildman–Crippen LogP) is 2.77. The van der Waals surface area contributed by atoms with Crippen LogP contribution in [0.25, 0.3) is 10.9 Å². The standard InChI is InChI=1S/C8H6BrFN2/c1-4-6-2-5(9)3-7(10)8(6)12-11-4/h2-3H,1H3,(H,11,12). The largest absolute Gasteiger partial charge is 0.275 e. The van der Waals surface area contributed by atoms with Gasteiger partial charge in [-0.15, -0.1) is 0 Å². The molecule has 0 atom stereocenters. The number of hydrogen-bond donors (Lipinski definition) is 1. The normalized spacial score (nSPS) is 10.9. The average Bonchev–Trinajstić information content (AvgIpc) is 2.33. The van der Waals surface area contributed by atoms with Gasteiger partial charge in [-0.05, 0) is 19.1 Å². The Balaban J connectivity index is 2.92. The Kier molecular flexibility index (Phi) is 1.65.